The Kier molecular flexibility index (Phi) is 9.79. The van der Waals surface area contributed by atoms with Crippen molar-refractivity contribution in [2.45, 2.75) is 77.5 Å². The number of amidine groups is 1. The number of rotatable bonds is 8. The van der Waals surface area contributed by atoms with Crippen molar-refractivity contribution in [3.8, 4) is 0 Å². The largest absolute Gasteiger partial charge is 0.369 e. The summed E-state index contributed by atoms with van der Waals surface area (Å²) in [7, 11) is -1.68. The number of hydrogen-bond donors (Lipinski definition) is 3. The van der Waals surface area contributed by atoms with E-state index in [1.54, 1.807) is 4.90 Å². The molecular formula is C33H45N5O4S2. The first kappa shape index (κ1) is 32.5. The third-order valence-corrected chi connectivity index (χ3v) is 12.0. The highest BCUT2D eigenvalue weighted by atomic mass is 32.2. The van der Waals surface area contributed by atoms with Gasteiger partial charge in [0.1, 0.15) is 11.4 Å². The van der Waals surface area contributed by atoms with E-state index < -0.39 is 21.8 Å². The number of nitrogens with one attached hydrogen (secondary N) is 2. The van der Waals surface area contributed by atoms with Gasteiger partial charge in [-0.05, 0) is 92.9 Å². The second kappa shape index (κ2) is 13.2. The van der Waals surface area contributed by atoms with Crippen LogP contribution < -0.4 is 15.5 Å². The van der Waals surface area contributed by atoms with E-state index in [4.69, 9.17) is 17.2 Å². The second-order valence-electron chi connectivity index (χ2n) is 12.8. The number of aliphatic hydroxyl groups is 1. The first-order chi connectivity index (χ1) is 20.9. The van der Waals surface area contributed by atoms with Gasteiger partial charge >= 0.3 is 0 Å². The SMILES string of the molecule is Cc1cc(N(C)C(=S)NC(O)c2ccccc2)cc(C)c1CCS(=O)(=O)N1CCC2(CC1)N=C(C1CCC(C)CC1)NC2=O. The number of anilines is 1. The first-order valence-corrected chi connectivity index (χ1v) is 17.7. The molecule has 11 heteroatoms. The number of aryl methyl sites for hydroxylation is 2. The molecule has 0 radical (unpaired) electrons. The third-order valence-electron chi connectivity index (χ3n) is 9.70. The lowest BCUT2D eigenvalue weighted by molar-refractivity contribution is -0.125. The number of aliphatic hydroxyl groups excluding tert-OH is 1. The van der Waals surface area contributed by atoms with E-state index >= 15 is 0 Å². The van der Waals surface area contributed by atoms with Crippen molar-refractivity contribution in [3.63, 3.8) is 0 Å². The minimum atomic E-state index is -3.51. The molecule has 0 bridgehead atoms. The number of hydrogen-bond acceptors (Lipinski definition) is 6. The molecule has 1 saturated heterocycles. The van der Waals surface area contributed by atoms with Gasteiger partial charge in [-0.2, -0.15) is 0 Å². The van der Waals surface area contributed by atoms with Gasteiger partial charge in [-0.15, -0.1) is 0 Å². The Hall–Kier alpha value is -2.86. The van der Waals surface area contributed by atoms with Crippen molar-refractivity contribution in [1.29, 1.82) is 0 Å². The third kappa shape index (κ3) is 7.01. The molecule has 1 atom stereocenters. The van der Waals surface area contributed by atoms with Crippen LogP contribution in [0.15, 0.2) is 47.5 Å². The molecule has 9 nitrogen and oxygen atoms in total. The summed E-state index contributed by atoms with van der Waals surface area (Å²) in [5, 5.41) is 16.9. The first-order valence-electron chi connectivity index (χ1n) is 15.6. The maximum absolute atomic E-state index is 13.4. The lowest BCUT2D eigenvalue weighted by Crippen LogP contribution is -2.51. The molecule has 1 unspecified atom stereocenters. The Morgan fingerprint density at radius 2 is 1.75 bits per heavy atom. The Morgan fingerprint density at radius 1 is 1.14 bits per heavy atom. The van der Waals surface area contributed by atoms with E-state index in [2.05, 4.69) is 17.6 Å². The summed E-state index contributed by atoms with van der Waals surface area (Å²) in [6, 6.07) is 13.2. The zero-order chi connectivity index (χ0) is 31.6. The molecule has 2 heterocycles. The van der Waals surface area contributed by atoms with Crippen LogP contribution in [0.4, 0.5) is 5.69 Å². The molecule has 1 saturated carbocycles. The van der Waals surface area contributed by atoms with Crippen molar-refractivity contribution in [3.05, 3.63) is 64.7 Å². The van der Waals surface area contributed by atoms with Crippen LogP contribution in [0, 0.1) is 25.7 Å². The summed E-state index contributed by atoms with van der Waals surface area (Å²) in [6.07, 6.45) is 4.69. The van der Waals surface area contributed by atoms with E-state index in [1.165, 1.54) is 4.31 Å². The smallest absolute Gasteiger partial charge is 0.253 e. The molecular weight excluding hydrogens is 595 g/mol. The monoisotopic (exact) mass is 639 g/mol. The number of amides is 1. The fourth-order valence-electron chi connectivity index (χ4n) is 6.71. The van der Waals surface area contributed by atoms with Crippen molar-refractivity contribution in [2.75, 3.05) is 30.8 Å². The Morgan fingerprint density at radius 3 is 2.36 bits per heavy atom. The molecule has 5 rings (SSSR count). The molecule has 238 valence electrons. The molecule has 2 aromatic carbocycles. The Bertz CT molecular complexity index is 1490. The number of aliphatic imine (C=N–C) groups is 1. The number of carbonyl (C=O) groups excluding carboxylic acids is 1. The van der Waals surface area contributed by atoms with Crippen molar-refractivity contribution in [2.24, 2.45) is 16.8 Å². The predicted octanol–water partition coefficient (Wildman–Crippen LogP) is 4.37. The Labute approximate surface area is 267 Å². The molecule has 3 aliphatic rings. The van der Waals surface area contributed by atoms with Gasteiger partial charge in [-0.1, -0.05) is 50.1 Å². The summed E-state index contributed by atoms with van der Waals surface area (Å²) >= 11 is 5.55. The lowest BCUT2D eigenvalue weighted by Gasteiger charge is -2.34. The number of sulfonamides is 1. The number of benzene rings is 2. The van der Waals surface area contributed by atoms with E-state index in [-0.39, 0.29) is 11.7 Å². The summed E-state index contributed by atoms with van der Waals surface area (Å²) in [4.78, 5) is 19.7. The van der Waals surface area contributed by atoms with Crippen LogP contribution in [0.25, 0.3) is 0 Å². The van der Waals surface area contributed by atoms with Gasteiger partial charge in [0, 0.05) is 37.3 Å². The molecule has 3 N–H and O–H groups in total. The van der Waals surface area contributed by atoms with Crippen LogP contribution in [0.2, 0.25) is 0 Å². The molecule has 0 aromatic heterocycles. The van der Waals surface area contributed by atoms with Crippen LogP contribution in [-0.4, -0.2) is 66.1 Å². The standard InChI is InChI=1S/C33H45N5O4S2/c1-22-10-12-25(13-11-22)29-34-31(40)33(36-29)15-17-38(18-16-33)44(41,42)19-14-28-23(2)20-27(21-24(28)3)37(4)32(43)35-30(39)26-8-6-5-7-9-26/h5-9,20-22,25,30,39H,10-19H2,1-4H3,(H,35,43)(H,34,36,40). The van der Waals surface area contributed by atoms with Crippen LogP contribution in [-0.2, 0) is 21.2 Å². The number of thiocarbonyl (C=S) groups is 1. The minimum absolute atomic E-state index is 0.00107. The Balaban J connectivity index is 1.18. The van der Waals surface area contributed by atoms with Gasteiger partial charge in [0.05, 0.1) is 5.75 Å². The van der Waals surface area contributed by atoms with Crippen molar-refractivity contribution in [1.82, 2.24) is 14.9 Å². The van der Waals surface area contributed by atoms with Crippen LogP contribution in [0.1, 0.15) is 73.9 Å². The van der Waals surface area contributed by atoms with Gasteiger partial charge in [0.25, 0.3) is 5.91 Å². The molecule has 44 heavy (non-hydrogen) atoms. The van der Waals surface area contributed by atoms with Crippen molar-refractivity contribution >= 4 is 44.8 Å². The van der Waals surface area contributed by atoms with Gasteiger partial charge in [0.2, 0.25) is 10.0 Å². The summed E-state index contributed by atoms with van der Waals surface area (Å²) < 4.78 is 28.4. The van der Waals surface area contributed by atoms with E-state index in [9.17, 15) is 18.3 Å². The second-order valence-corrected chi connectivity index (χ2v) is 15.3. The topological polar surface area (TPSA) is 114 Å². The number of piperidine rings is 1. The molecule has 2 aromatic rings. The highest BCUT2D eigenvalue weighted by Gasteiger charge is 2.48. The normalized spacial score (nSPS) is 22.8. The van der Waals surface area contributed by atoms with Gasteiger partial charge in [0.15, 0.2) is 11.3 Å². The van der Waals surface area contributed by atoms with E-state index in [0.29, 0.717) is 48.9 Å². The van der Waals surface area contributed by atoms with Gasteiger partial charge in [-0.3, -0.25) is 9.79 Å². The maximum Gasteiger partial charge on any atom is 0.253 e. The molecule has 2 fully saturated rings. The molecule has 2 aliphatic heterocycles. The zero-order valence-corrected chi connectivity index (χ0v) is 27.8. The summed E-state index contributed by atoms with van der Waals surface area (Å²) in [6.45, 7) is 6.83. The maximum atomic E-state index is 13.4. The fourth-order valence-corrected chi connectivity index (χ4v) is 8.39. The molecule has 1 spiro atoms. The van der Waals surface area contributed by atoms with Crippen LogP contribution in [0.3, 0.4) is 0 Å². The van der Waals surface area contributed by atoms with Gasteiger partial charge < -0.3 is 20.6 Å². The lowest BCUT2D eigenvalue weighted by atomic mass is 9.82. The highest BCUT2D eigenvalue weighted by molar-refractivity contribution is 7.89. The quantitative estimate of drug-likeness (QED) is 0.291. The summed E-state index contributed by atoms with van der Waals surface area (Å²) in [5.41, 5.74) is 3.69. The predicted molar refractivity (Wildman–Crippen MR) is 179 cm³/mol. The molecule has 1 amide bonds. The number of carbonyl (C=O) groups is 1. The van der Waals surface area contributed by atoms with E-state index in [0.717, 1.165) is 59.8 Å². The van der Waals surface area contributed by atoms with Crippen LogP contribution in [0.5, 0.6) is 0 Å². The van der Waals surface area contributed by atoms with Gasteiger partial charge in [-0.25, -0.2) is 12.7 Å². The van der Waals surface area contributed by atoms with Crippen molar-refractivity contribution < 1.29 is 18.3 Å². The zero-order valence-electron chi connectivity index (χ0n) is 26.2. The van der Waals surface area contributed by atoms with E-state index in [1.807, 2.05) is 63.4 Å². The van der Waals surface area contributed by atoms with Crippen LogP contribution >= 0.6 is 12.2 Å². The summed E-state index contributed by atoms with van der Waals surface area (Å²) in [5.74, 6) is 1.78. The molecule has 1 aliphatic carbocycles. The average Bonchev–Trinajstić information content (AvgIpc) is 3.31. The minimum Gasteiger partial charge on any atom is -0.369 e. The highest BCUT2D eigenvalue weighted by Crippen LogP contribution is 2.36. The fraction of sp³-hybridized carbons (Fsp3) is 0.545. The average molecular weight is 640 g/mol. The number of nitrogens with zero attached hydrogens (tertiary/aromatic N) is 3.